The second-order valence-corrected chi connectivity index (χ2v) is 6.05. The third-order valence-corrected chi connectivity index (χ3v) is 4.49. The number of aryl methyl sites for hydroxylation is 1. The van der Waals surface area contributed by atoms with E-state index in [0.717, 1.165) is 21.9 Å². The highest BCUT2D eigenvalue weighted by Crippen LogP contribution is 2.27. The van der Waals surface area contributed by atoms with Crippen LogP contribution in [0.15, 0.2) is 17.6 Å². The third kappa shape index (κ3) is 3.16. The van der Waals surface area contributed by atoms with Gasteiger partial charge in [-0.05, 0) is 42.4 Å². The maximum Gasteiger partial charge on any atom is 0.328 e. The number of carboxylic acids is 1. The maximum atomic E-state index is 11.3. The lowest BCUT2D eigenvalue weighted by Gasteiger charge is -2.10. The van der Waals surface area contributed by atoms with Crippen LogP contribution in [0.2, 0.25) is 0 Å². The van der Waals surface area contributed by atoms with Crippen LogP contribution in [-0.2, 0) is 4.79 Å². The minimum atomic E-state index is -0.867. The standard InChI is InChI=1S/C12H15N3O2S2/c1-8-3-6-19-11(8)9-7-15(14-13-9)10(12(16)17)4-5-18-2/h3,6-7,10H,4-5H2,1-2H3,(H,16,17)/t10-/m0/s1. The summed E-state index contributed by atoms with van der Waals surface area (Å²) in [5.74, 6) is -0.0853. The number of aromatic nitrogens is 3. The van der Waals surface area contributed by atoms with Crippen molar-refractivity contribution in [2.24, 2.45) is 0 Å². The fourth-order valence-corrected chi connectivity index (χ4v) is 3.10. The van der Waals surface area contributed by atoms with Gasteiger partial charge in [-0.2, -0.15) is 11.8 Å². The molecule has 0 saturated heterocycles. The highest BCUT2D eigenvalue weighted by Gasteiger charge is 2.21. The van der Waals surface area contributed by atoms with Crippen molar-refractivity contribution in [2.75, 3.05) is 12.0 Å². The molecule has 2 heterocycles. The number of thioether (sulfide) groups is 1. The Bertz CT molecular complexity index is 565. The molecule has 0 fully saturated rings. The van der Waals surface area contributed by atoms with Crippen LogP contribution >= 0.6 is 23.1 Å². The largest absolute Gasteiger partial charge is 0.480 e. The van der Waals surface area contributed by atoms with E-state index in [1.165, 1.54) is 4.68 Å². The van der Waals surface area contributed by atoms with Crippen molar-refractivity contribution < 1.29 is 9.90 Å². The molecule has 0 saturated carbocycles. The summed E-state index contributed by atoms with van der Waals surface area (Å²) >= 11 is 3.21. The molecule has 2 aromatic heterocycles. The molecule has 5 nitrogen and oxygen atoms in total. The number of carboxylic acid groups (broad SMARTS) is 1. The van der Waals surface area contributed by atoms with Gasteiger partial charge in [-0.15, -0.1) is 16.4 Å². The first-order valence-electron chi connectivity index (χ1n) is 5.81. The molecule has 102 valence electrons. The first kappa shape index (κ1) is 14.1. The molecule has 0 aliphatic rings. The number of carbonyl (C=O) groups is 1. The summed E-state index contributed by atoms with van der Waals surface area (Å²) in [5.41, 5.74) is 1.87. The zero-order chi connectivity index (χ0) is 13.8. The Hall–Kier alpha value is -1.34. The Balaban J connectivity index is 2.24. The minimum Gasteiger partial charge on any atom is -0.480 e. The average Bonchev–Trinajstić information content (AvgIpc) is 2.98. The van der Waals surface area contributed by atoms with Crippen LogP contribution in [-0.4, -0.2) is 38.1 Å². The molecule has 2 aromatic rings. The van der Waals surface area contributed by atoms with Crippen molar-refractivity contribution in [2.45, 2.75) is 19.4 Å². The molecule has 0 unspecified atom stereocenters. The molecule has 19 heavy (non-hydrogen) atoms. The fourth-order valence-electron chi connectivity index (χ4n) is 1.77. The van der Waals surface area contributed by atoms with Gasteiger partial charge in [-0.3, -0.25) is 0 Å². The fraction of sp³-hybridized carbons (Fsp3) is 0.417. The second kappa shape index (κ2) is 6.21. The molecule has 2 rings (SSSR count). The van der Waals surface area contributed by atoms with Crippen molar-refractivity contribution in [3.05, 3.63) is 23.2 Å². The zero-order valence-electron chi connectivity index (χ0n) is 10.7. The van der Waals surface area contributed by atoms with Gasteiger partial charge in [0, 0.05) is 0 Å². The Morgan fingerprint density at radius 3 is 3.00 bits per heavy atom. The summed E-state index contributed by atoms with van der Waals surface area (Å²) in [4.78, 5) is 12.3. The Morgan fingerprint density at radius 1 is 1.63 bits per heavy atom. The van der Waals surface area contributed by atoms with Crippen molar-refractivity contribution in [3.8, 4) is 10.6 Å². The highest BCUT2D eigenvalue weighted by molar-refractivity contribution is 7.98. The van der Waals surface area contributed by atoms with Gasteiger partial charge in [-0.25, -0.2) is 9.48 Å². The smallest absolute Gasteiger partial charge is 0.328 e. The van der Waals surface area contributed by atoms with Crippen LogP contribution in [0.4, 0.5) is 0 Å². The molecule has 0 amide bonds. The van der Waals surface area contributed by atoms with Crippen LogP contribution in [0.3, 0.4) is 0 Å². The summed E-state index contributed by atoms with van der Waals surface area (Å²) < 4.78 is 1.45. The lowest BCUT2D eigenvalue weighted by molar-refractivity contribution is -0.141. The van der Waals surface area contributed by atoms with E-state index in [9.17, 15) is 9.90 Å². The second-order valence-electron chi connectivity index (χ2n) is 4.15. The SMILES string of the molecule is CSCC[C@@H](C(=O)O)n1cc(-c2sccc2C)nn1. The van der Waals surface area contributed by atoms with Gasteiger partial charge >= 0.3 is 5.97 Å². The van der Waals surface area contributed by atoms with Crippen LogP contribution in [0.25, 0.3) is 10.6 Å². The normalized spacial score (nSPS) is 12.5. The monoisotopic (exact) mass is 297 g/mol. The number of hydrogen-bond acceptors (Lipinski definition) is 5. The molecule has 1 atom stereocenters. The summed E-state index contributed by atoms with van der Waals surface area (Å²) in [6.45, 7) is 2.01. The van der Waals surface area contributed by atoms with E-state index in [2.05, 4.69) is 10.3 Å². The maximum absolute atomic E-state index is 11.3. The highest BCUT2D eigenvalue weighted by atomic mass is 32.2. The van der Waals surface area contributed by atoms with Gasteiger partial charge in [-0.1, -0.05) is 5.21 Å². The van der Waals surface area contributed by atoms with Gasteiger partial charge < -0.3 is 5.11 Å². The van der Waals surface area contributed by atoms with Gasteiger partial charge in [0.25, 0.3) is 0 Å². The molecular weight excluding hydrogens is 282 g/mol. The number of hydrogen-bond donors (Lipinski definition) is 1. The molecule has 0 aliphatic heterocycles. The molecule has 7 heteroatoms. The van der Waals surface area contributed by atoms with Gasteiger partial charge in [0.05, 0.1) is 11.1 Å². The van der Waals surface area contributed by atoms with E-state index in [-0.39, 0.29) is 0 Å². The quantitative estimate of drug-likeness (QED) is 0.888. The van der Waals surface area contributed by atoms with Crippen molar-refractivity contribution >= 4 is 29.1 Å². The topological polar surface area (TPSA) is 68.0 Å². The van der Waals surface area contributed by atoms with Gasteiger partial charge in [0.15, 0.2) is 6.04 Å². The summed E-state index contributed by atoms with van der Waals surface area (Å²) in [6, 6.07) is 1.37. The van der Waals surface area contributed by atoms with Crippen LogP contribution < -0.4 is 0 Å². The Morgan fingerprint density at radius 2 is 2.42 bits per heavy atom. The Kier molecular flexibility index (Phi) is 4.60. The number of thiophene rings is 1. The van der Waals surface area contributed by atoms with E-state index >= 15 is 0 Å². The first-order chi connectivity index (χ1) is 9.13. The van der Waals surface area contributed by atoms with Crippen molar-refractivity contribution in [1.82, 2.24) is 15.0 Å². The van der Waals surface area contributed by atoms with Crippen LogP contribution in [0.1, 0.15) is 18.0 Å². The summed E-state index contributed by atoms with van der Waals surface area (Å²) in [6.07, 6.45) is 4.22. The Labute approximate surface area is 119 Å². The molecule has 0 spiro atoms. The predicted octanol–water partition coefficient (Wildman–Crippen LogP) is 2.69. The molecular formula is C12H15N3O2S2. The molecule has 0 radical (unpaired) electrons. The summed E-state index contributed by atoms with van der Waals surface area (Å²) in [5, 5.41) is 19.3. The van der Waals surface area contributed by atoms with Crippen LogP contribution in [0.5, 0.6) is 0 Å². The number of nitrogens with zero attached hydrogens (tertiary/aromatic N) is 3. The van der Waals surface area contributed by atoms with Crippen molar-refractivity contribution in [3.63, 3.8) is 0 Å². The average molecular weight is 297 g/mol. The summed E-state index contributed by atoms with van der Waals surface area (Å²) in [7, 11) is 0. The van der Waals surface area contributed by atoms with E-state index in [4.69, 9.17) is 0 Å². The first-order valence-corrected chi connectivity index (χ1v) is 8.09. The van der Waals surface area contributed by atoms with E-state index in [1.54, 1.807) is 29.3 Å². The van der Waals surface area contributed by atoms with E-state index in [0.29, 0.717) is 6.42 Å². The number of rotatable bonds is 6. The van der Waals surface area contributed by atoms with Crippen LogP contribution in [0, 0.1) is 6.92 Å². The minimum absolute atomic E-state index is 0.544. The van der Waals surface area contributed by atoms with Crippen molar-refractivity contribution in [1.29, 1.82) is 0 Å². The zero-order valence-corrected chi connectivity index (χ0v) is 12.4. The molecule has 0 aromatic carbocycles. The van der Waals surface area contributed by atoms with Gasteiger partial charge in [0.2, 0.25) is 0 Å². The number of aliphatic carboxylic acids is 1. The lowest BCUT2D eigenvalue weighted by Crippen LogP contribution is -2.20. The van der Waals surface area contributed by atoms with E-state index < -0.39 is 12.0 Å². The molecule has 1 N–H and O–H groups in total. The molecule has 0 aliphatic carbocycles. The molecule has 0 bridgehead atoms. The lowest BCUT2D eigenvalue weighted by atomic mass is 10.2. The van der Waals surface area contributed by atoms with E-state index in [1.807, 2.05) is 24.6 Å². The third-order valence-electron chi connectivity index (χ3n) is 2.80. The predicted molar refractivity (Wildman–Crippen MR) is 77.7 cm³/mol. The van der Waals surface area contributed by atoms with Gasteiger partial charge in [0.1, 0.15) is 5.69 Å².